The van der Waals surface area contributed by atoms with E-state index in [1.165, 1.54) is 0 Å². The molecule has 15 heavy (non-hydrogen) atoms. The van der Waals surface area contributed by atoms with Gasteiger partial charge in [-0.25, -0.2) is 5.84 Å². The summed E-state index contributed by atoms with van der Waals surface area (Å²) in [5.74, 6) is 5.19. The van der Waals surface area contributed by atoms with Crippen LogP contribution in [0.3, 0.4) is 0 Å². The number of benzene rings is 1. The molecule has 0 atom stereocenters. The van der Waals surface area contributed by atoms with Gasteiger partial charge in [-0.1, -0.05) is 27.5 Å². The van der Waals surface area contributed by atoms with Crippen LogP contribution in [0.4, 0.5) is 0 Å². The van der Waals surface area contributed by atoms with Crippen LogP contribution in [0.15, 0.2) is 22.7 Å². The molecule has 1 aromatic carbocycles. The zero-order valence-corrected chi connectivity index (χ0v) is 10.1. The lowest BCUT2D eigenvalue weighted by Crippen LogP contribution is -2.31. The Hall–Kier alpha value is -0.780. The van der Waals surface area contributed by atoms with E-state index in [9.17, 15) is 4.79 Å². The Morgan fingerprint density at radius 3 is 2.93 bits per heavy atom. The molecule has 0 saturated heterocycles. The third-order valence-corrected chi connectivity index (χ3v) is 2.43. The first-order chi connectivity index (χ1) is 7.13. The molecule has 3 N–H and O–H groups in total. The van der Waals surface area contributed by atoms with Crippen molar-refractivity contribution in [3.8, 4) is 5.75 Å². The van der Waals surface area contributed by atoms with E-state index in [0.29, 0.717) is 10.8 Å². The second kappa shape index (κ2) is 5.95. The molecule has 6 heteroatoms. The smallest absolute Gasteiger partial charge is 0.237 e. The Balaban J connectivity index is 2.47. The van der Waals surface area contributed by atoms with E-state index in [4.69, 9.17) is 22.2 Å². The molecule has 1 amide bonds. The predicted octanol–water partition coefficient (Wildman–Crippen LogP) is 1.86. The summed E-state index contributed by atoms with van der Waals surface area (Å²) in [5.41, 5.74) is 2.02. The number of halogens is 2. The summed E-state index contributed by atoms with van der Waals surface area (Å²) in [5, 5.41) is 0.498. The van der Waals surface area contributed by atoms with Crippen LogP contribution in [0, 0.1) is 0 Å². The Morgan fingerprint density at radius 1 is 1.60 bits per heavy atom. The maximum atomic E-state index is 10.8. The Bertz CT molecular complexity index is 360. The minimum atomic E-state index is -0.275. The molecule has 0 radical (unpaired) electrons. The number of carbonyl (C=O) groups is 1. The standard InChI is InChI=1S/C9H10BrClN2O2/c10-6-1-2-8(7(11)5-6)15-4-3-9(14)13-12/h1-2,5H,3-4,12H2,(H,13,14). The number of nitrogens with two attached hydrogens (primary N) is 1. The van der Waals surface area contributed by atoms with Crippen LogP contribution in [-0.2, 0) is 4.79 Å². The van der Waals surface area contributed by atoms with Gasteiger partial charge in [0.1, 0.15) is 5.75 Å². The fourth-order valence-corrected chi connectivity index (χ4v) is 1.65. The first-order valence-electron chi connectivity index (χ1n) is 4.21. The number of hydrogen-bond acceptors (Lipinski definition) is 3. The van der Waals surface area contributed by atoms with E-state index in [0.717, 1.165) is 4.47 Å². The summed E-state index contributed by atoms with van der Waals surface area (Å²) < 4.78 is 6.17. The predicted molar refractivity (Wildman–Crippen MR) is 61.6 cm³/mol. The van der Waals surface area contributed by atoms with Crippen molar-refractivity contribution in [2.75, 3.05) is 6.61 Å². The molecular formula is C9H10BrClN2O2. The van der Waals surface area contributed by atoms with Crippen molar-refractivity contribution in [3.05, 3.63) is 27.7 Å². The normalized spacial score (nSPS) is 9.80. The van der Waals surface area contributed by atoms with Crippen LogP contribution in [0.25, 0.3) is 0 Å². The highest BCUT2D eigenvalue weighted by atomic mass is 79.9. The van der Waals surface area contributed by atoms with Crippen LogP contribution in [0.2, 0.25) is 5.02 Å². The molecule has 0 saturated carbocycles. The molecule has 1 aromatic rings. The Kier molecular flexibility index (Phi) is 4.87. The minimum absolute atomic E-state index is 0.197. The summed E-state index contributed by atoms with van der Waals surface area (Å²) >= 11 is 9.18. The lowest BCUT2D eigenvalue weighted by Gasteiger charge is -2.07. The maximum Gasteiger partial charge on any atom is 0.237 e. The molecule has 0 aliphatic heterocycles. The van der Waals surface area contributed by atoms with Gasteiger partial charge in [0.2, 0.25) is 5.91 Å². The molecule has 0 heterocycles. The van der Waals surface area contributed by atoms with E-state index in [2.05, 4.69) is 15.9 Å². The summed E-state index contributed by atoms with van der Waals surface area (Å²) in [7, 11) is 0. The van der Waals surface area contributed by atoms with E-state index in [-0.39, 0.29) is 18.9 Å². The molecule has 0 fully saturated rings. The van der Waals surface area contributed by atoms with Gasteiger partial charge in [-0.2, -0.15) is 0 Å². The molecule has 0 aliphatic carbocycles. The van der Waals surface area contributed by atoms with Gasteiger partial charge in [0, 0.05) is 4.47 Å². The first-order valence-corrected chi connectivity index (χ1v) is 5.38. The fourth-order valence-electron chi connectivity index (χ4n) is 0.918. The van der Waals surface area contributed by atoms with Gasteiger partial charge < -0.3 is 4.74 Å². The van der Waals surface area contributed by atoms with Crippen molar-refractivity contribution in [2.45, 2.75) is 6.42 Å². The monoisotopic (exact) mass is 292 g/mol. The van der Waals surface area contributed by atoms with Crippen LogP contribution < -0.4 is 16.0 Å². The SMILES string of the molecule is NNC(=O)CCOc1ccc(Br)cc1Cl. The summed E-state index contributed by atoms with van der Waals surface area (Å²) in [6.45, 7) is 0.240. The third kappa shape index (κ3) is 4.07. The highest BCUT2D eigenvalue weighted by molar-refractivity contribution is 9.10. The number of hydrazine groups is 1. The lowest BCUT2D eigenvalue weighted by molar-refractivity contribution is -0.121. The molecule has 1 rings (SSSR count). The van der Waals surface area contributed by atoms with Gasteiger partial charge in [-0.05, 0) is 18.2 Å². The molecule has 0 unspecified atom stereocenters. The summed E-state index contributed by atoms with van der Waals surface area (Å²) in [6, 6.07) is 5.26. The molecular weight excluding hydrogens is 283 g/mol. The van der Waals surface area contributed by atoms with Crippen LogP contribution in [-0.4, -0.2) is 12.5 Å². The van der Waals surface area contributed by atoms with Crippen molar-refractivity contribution in [1.29, 1.82) is 0 Å². The fraction of sp³-hybridized carbons (Fsp3) is 0.222. The Morgan fingerprint density at radius 2 is 2.33 bits per heavy atom. The van der Waals surface area contributed by atoms with Gasteiger partial charge in [0.05, 0.1) is 18.1 Å². The average Bonchev–Trinajstić information content (AvgIpc) is 2.21. The molecule has 82 valence electrons. The van der Waals surface area contributed by atoms with Crippen molar-refractivity contribution in [3.63, 3.8) is 0 Å². The van der Waals surface area contributed by atoms with Gasteiger partial charge in [0.15, 0.2) is 0 Å². The van der Waals surface area contributed by atoms with E-state index >= 15 is 0 Å². The maximum absolute atomic E-state index is 10.8. The van der Waals surface area contributed by atoms with E-state index < -0.39 is 0 Å². The molecule has 0 aliphatic rings. The van der Waals surface area contributed by atoms with Gasteiger partial charge in [0.25, 0.3) is 0 Å². The second-order valence-corrected chi connectivity index (χ2v) is 4.06. The quantitative estimate of drug-likeness (QED) is 0.506. The van der Waals surface area contributed by atoms with Crippen molar-refractivity contribution < 1.29 is 9.53 Å². The summed E-state index contributed by atoms with van der Waals surface area (Å²) in [6.07, 6.45) is 0.197. The largest absolute Gasteiger partial charge is 0.491 e. The molecule has 0 spiro atoms. The second-order valence-electron chi connectivity index (χ2n) is 2.74. The van der Waals surface area contributed by atoms with Gasteiger partial charge in [-0.15, -0.1) is 0 Å². The molecule has 0 aromatic heterocycles. The Labute approximate surface area is 101 Å². The van der Waals surface area contributed by atoms with Gasteiger partial charge in [-0.3, -0.25) is 10.2 Å². The first kappa shape index (κ1) is 12.3. The zero-order valence-electron chi connectivity index (χ0n) is 7.80. The lowest BCUT2D eigenvalue weighted by atomic mass is 10.3. The van der Waals surface area contributed by atoms with E-state index in [1.807, 2.05) is 11.5 Å². The zero-order chi connectivity index (χ0) is 11.3. The molecule has 0 bridgehead atoms. The minimum Gasteiger partial charge on any atom is -0.491 e. The third-order valence-electron chi connectivity index (χ3n) is 1.64. The van der Waals surface area contributed by atoms with Crippen molar-refractivity contribution >= 4 is 33.4 Å². The number of carbonyl (C=O) groups excluding carboxylic acids is 1. The number of ether oxygens (including phenoxy) is 1. The average molecular weight is 294 g/mol. The topological polar surface area (TPSA) is 64.3 Å². The van der Waals surface area contributed by atoms with Crippen LogP contribution in [0.1, 0.15) is 6.42 Å². The highest BCUT2D eigenvalue weighted by Gasteiger charge is 2.03. The number of amides is 1. The van der Waals surface area contributed by atoms with Gasteiger partial charge >= 0.3 is 0 Å². The summed E-state index contributed by atoms with van der Waals surface area (Å²) in [4.78, 5) is 10.8. The number of nitrogens with one attached hydrogen (secondary N) is 1. The van der Waals surface area contributed by atoms with E-state index in [1.54, 1.807) is 12.1 Å². The highest BCUT2D eigenvalue weighted by Crippen LogP contribution is 2.27. The number of rotatable bonds is 4. The van der Waals surface area contributed by atoms with Crippen molar-refractivity contribution in [1.82, 2.24) is 5.43 Å². The number of hydrogen-bond donors (Lipinski definition) is 2. The molecule has 4 nitrogen and oxygen atoms in total. The van der Waals surface area contributed by atoms with Crippen molar-refractivity contribution in [2.24, 2.45) is 5.84 Å². The van der Waals surface area contributed by atoms with Crippen LogP contribution in [0.5, 0.6) is 5.75 Å². The van der Waals surface area contributed by atoms with Crippen LogP contribution >= 0.6 is 27.5 Å².